The standard InChI is InChI=1S/C23H40N4O4S4/c1-7-24-16-18(32)26(20(24)28)22(3,4)10-14-34(30)12-9-13-35(31)15-11-23(5,6)27-19(33)17-25(8-2)21(27)29/h16-17,32-33H,7-15H2,1-6H3. The number of imidazole rings is 2. The van der Waals surface area contributed by atoms with Crippen LogP contribution in [0.3, 0.4) is 0 Å². The quantitative estimate of drug-likeness (QED) is 0.345. The summed E-state index contributed by atoms with van der Waals surface area (Å²) in [6.45, 7) is 12.8. The van der Waals surface area contributed by atoms with Gasteiger partial charge in [-0.3, -0.25) is 26.7 Å². The molecule has 0 radical (unpaired) electrons. The molecule has 0 aliphatic heterocycles. The van der Waals surface area contributed by atoms with Crippen molar-refractivity contribution >= 4 is 46.9 Å². The van der Waals surface area contributed by atoms with E-state index in [-0.39, 0.29) is 11.4 Å². The Morgan fingerprint density at radius 2 is 1.06 bits per heavy atom. The van der Waals surface area contributed by atoms with Crippen LogP contribution in [0.4, 0.5) is 0 Å². The number of hydrogen-bond acceptors (Lipinski definition) is 6. The lowest BCUT2D eigenvalue weighted by atomic mass is 10.0. The van der Waals surface area contributed by atoms with Crippen LogP contribution in [0.5, 0.6) is 0 Å². The predicted octanol–water partition coefficient (Wildman–Crippen LogP) is 3.07. The normalized spacial score (nSPS) is 14.4. The van der Waals surface area contributed by atoms with Crippen molar-refractivity contribution in [2.45, 2.75) is 95.0 Å². The number of aryl methyl sites for hydroxylation is 2. The molecule has 200 valence electrons. The van der Waals surface area contributed by atoms with E-state index in [0.29, 0.717) is 65.4 Å². The molecule has 2 aromatic heterocycles. The average Bonchev–Trinajstić information content (AvgIpc) is 3.24. The van der Waals surface area contributed by atoms with Crippen LogP contribution in [0.2, 0.25) is 0 Å². The summed E-state index contributed by atoms with van der Waals surface area (Å²) in [4.78, 5) is 25.2. The summed E-state index contributed by atoms with van der Waals surface area (Å²) < 4.78 is 31.7. The zero-order chi connectivity index (χ0) is 26.6. The molecule has 0 saturated carbocycles. The molecular formula is C23H40N4O4S4. The third-order valence-electron chi connectivity index (χ3n) is 6.39. The fraction of sp³-hybridized carbons (Fsp3) is 0.739. The van der Waals surface area contributed by atoms with Crippen LogP contribution >= 0.6 is 25.3 Å². The minimum Gasteiger partial charge on any atom is -0.298 e. The largest absolute Gasteiger partial charge is 0.329 e. The van der Waals surface area contributed by atoms with Crippen molar-refractivity contribution in [2.75, 3.05) is 23.0 Å². The van der Waals surface area contributed by atoms with Crippen molar-refractivity contribution < 1.29 is 8.42 Å². The van der Waals surface area contributed by atoms with E-state index in [4.69, 9.17) is 0 Å². The highest BCUT2D eigenvalue weighted by Crippen LogP contribution is 2.24. The fourth-order valence-corrected chi connectivity index (χ4v) is 8.05. The van der Waals surface area contributed by atoms with Gasteiger partial charge < -0.3 is 0 Å². The van der Waals surface area contributed by atoms with Gasteiger partial charge in [-0.25, -0.2) is 9.59 Å². The molecule has 2 rings (SSSR count). The number of nitrogens with zero attached hydrogens (tertiary/aromatic N) is 4. The first-order valence-corrected chi connectivity index (χ1v) is 15.9. The number of aromatic nitrogens is 4. The molecule has 0 aromatic carbocycles. The monoisotopic (exact) mass is 564 g/mol. The molecule has 0 fully saturated rings. The van der Waals surface area contributed by atoms with Gasteiger partial charge in [0.05, 0.1) is 10.1 Å². The maximum Gasteiger partial charge on any atom is 0.329 e. The smallest absolute Gasteiger partial charge is 0.298 e. The zero-order valence-electron chi connectivity index (χ0n) is 21.7. The van der Waals surface area contributed by atoms with E-state index in [1.54, 1.807) is 30.7 Å². The van der Waals surface area contributed by atoms with Gasteiger partial charge in [0.1, 0.15) is 0 Å². The van der Waals surface area contributed by atoms with Gasteiger partial charge in [-0.1, -0.05) is 0 Å². The molecule has 35 heavy (non-hydrogen) atoms. The molecule has 0 bridgehead atoms. The molecule has 0 saturated heterocycles. The van der Waals surface area contributed by atoms with E-state index in [1.807, 2.05) is 41.5 Å². The van der Waals surface area contributed by atoms with Crippen LogP contribution in [-0.2, 0) is 45.8 Å². The van der Waals surface area contributed by atoms with Crippen molar-refractivity contribution in [1.29, 1.82) is 0 Å². The van der Waals surface area contributed by atoms with Crippen LogP contribution in [0.25, 0.3) is 0 Å². The molecular weight excluding hydrogens is 525 g/mol. The Bertz CT molecular complexity index is 1080. The van der Waals surface area contributed by atoms with E-state index >= 15 is 0 Å². The van der Waals surface area contributed by atoms with Gasteiger partial charge in [0, 0.05) is 81.2 Å². The van der Waals surface area contributed by atoms with Crippen LogP contribution in [0.1, 0.15) is 60.8 Å². The lowest BCUT2D eigenvalue weighted by molar-refractivity contribution is 0.311. The minimum atomic E-state index is -1.06. The third-order valence-corrected chi connectivity index (χ3v) is 9.83. The van der Waals surface area contributed by atoms with Crippen molar-refractivity contribution in [3.05, 3.63) is 33.4 Å². The Morgan fingerprint density at radius 3 is 1.34 bits per heavy atom. The summed E-state index contributed by atoms with van der Waals surface area (Å²) in [5.41, 5.74) is -1.21. The van der Waals surface area contributed by atoms with Gasteiger partial charge in [-0.05, 0) is 60.8 Å². The summed E-state index contributed by atoms with van der Waals surface area (Å²) in [5.74, 6) is 1.88. The molecule has 0 aliphatic carbocycles. The summed E-state index contributed by atoms with van der Waals surface area (Å²) in [5, 5.41) is 1.20. The van der Waals surface area contributed by atoms with E-state index < -0.39 is 32.7 Å². The van der Waals surface area contributed by atoms with Crippen LogP contribution in [-0.4, -0.2) is 49.7 Å². The van der Waals surface area contributed by atoms with Gasteiger partial charge in [0.2, 0.25) is 0 Å². The maximum atomic E-state index is 12.6. The lowest BCUT2D eigenvalue weighted by Crippen LogP contribution is -2.38. The number of rotatable bonds is 14. The molecule has 0 spiro atoms. The Labute approximate surface area is 224 Å². The summed E-state index contributed by atoms with van der Waals surface area (Å²) in [6.07, 6.45) is 5.22. The highest BCUT2D eigenvalue weighted by Gasteiger charge is 2.27. The van der Waals surface area contributed by atoms with Gasteiger partial charge in [-0.15, -0.1) is 25.3 Å². The molecule has 0 N–H and O–H groups in total. The molecule has 2 heterocycles. The highest BCUT2D eigenvalue weighted by molar-refractivity contribution is 7.85. The number of thiol groups is 2. The SMILES string of the molecule is CCn1cc(S)n(C(C)(C)CCS(=O)CCCS(=O)CCC(C)(C)n2c(S)cn(CC)c2=O)c1=O. The van der Waals surface area contributed by atoms with Crippen molar-refractivity contribution in [2.24, 2.45) is 0 Å². The van der Waals surface area contributed by atoms with E-state index in [2.05, 4.69) is 25.3 Å². The van der Waals surface area contributed by atoms with Crippen molar-refractivity contribution in [1.82, 2.24) is 18.3 Å². The van der Waals surface area contributed by atoms with Gasteiger partial charge >= 0.3 is 11.4 Å². The van der Waals surface area contributed by atoms with Gasteiger partial charge in [0.25, 0.3) is 0 Å². The first-order chi connectivity index (χ1) is 16.2. The van der Waals surface area contributed by atoms with Crippen LogP contribution < -0.4 is 11.4 Å². The Hall–Kier alpha value is -0.980. The molecule has 0 amide bonds. The molecule has 0 aliphatic rings. The first-order valence-electron chi connectivity index (χ1n) is 12.0. The fourth-order valence-electron chi connectivity index (χ4n) is 4.08. The second-order valence-corrected chi connectivity index (χ2v) is 14.3. The third kappa shape index (κ3) is 7.52. The van der Waals surface area contributed by atoms with Gasteiger partial charge in [0.15, 0.2) is 0 Å². The second-order valence-electron chi connectivity index (χ2n) is 9.96. The lowest BCUT2D eigenvalue weighted by Gasteiger charge is -2.27. The van der Waals surface area contributed by atoms with Gasteiger partial charge in [-0.2, -0.15) is 0 Å². The second kappa shape index (κ2) is 12.5. The summed E-state index contributed by atoms with van der Waals surface area (Å²) >= 11 is 8.90. The van der Waals surface area contributed by atoms with Crippen molar-refractivity contribution in [3.63, 3.8) is 0 Å². The summed E-state index contributed by atoms with van der Waals surface area (Å²) in [6, 6.07) is 0. The van der Waals surface area contributed by atoms with Crippen LogP contribution in [0, 0.1) is 0 Å². The summed E-state index contributed by atoms with van der Waals surface area (Å²) in [7, 11) is -2.12. The predicted molar refractivity (Wildman–Crippen MR) is 151 cm³/mol. The van der Waals surface area contributed by atoms with E-state index in [9.17, 15) is 18.0 Å². The minimum absolute atomic E-state index is 0.106. The number of hydrogen-bond donors (Lipinski definition) is 2. The molecule has 2 unspecified atom stereocenters. The van der Waals surface area contributed by atoms with Crippen LogP contribution in [0.15, 0.2) is 32.0 Å². The Kier molecular flexibility index (Phi) is 10.8. The topological polar surface area (TPSA) is 88.0 Å². The maximum absolute atomic E-state index is 12.6. The Morgan fingerprint density at radius 1 is 0.714 bits per heavy atom. The first kappa shape index (κ1) is 30.2. The zero-order valence-corrected chi connectivity index (χ0v) is 25.1. The average molecular weight is 565 g/mol. The molecule has 8 nitrogen and oxygen atoms in total. The van der Waals surface area contributed by atoms with E-state index in [1.165, 1.54) is 0 Å². The molecule has 2 atom stereocenters. The molecule has 12 heteroatoms. The Balaban J connectivity index is 1.82. The highest BCUT2D eigenvalue weighted by atomic mass is 32.2. The molecule has 2 aromatic rings. The van der Waals surface area contributed by atoms with E-state index in [0.717, 1.165) is 0 Å². The van der Waals surface area contributed by atoms with Crippen molar-refractivity contribution in [3.8, 4) is 0 Å².